The van der Waals surface area contributed by atoms with E-state index >= 15 is 4.39 Å². The lowest BCUT2D eigenvalue weighted by Gasteiger charge is -2.28. The molecule has 1 fully saturated rings. The summed E-state index contributed by atoms with van der Waals surface area (Å²) in [6, 6.07) is 3.38. The maximum atomic E-state index is 15.3. The van der Waals surface area contributed by atoms with Crippen LogP contribution in [0.2, 0.25) is 5.02 Å². The Balaban J connectivity index is 1.52. The largest absolute Gasteiger partial charge is 0.530 e. The zero-order chi connectivity index (χ0) is 22.6. The first-order chi connectivity index (χ1) is 14.5. The van der Waals surface area contributed by atoms with Gasteiger partial charge in [-0.3, -0.25) is 23.4 Å². The summed E-state index contributed by atoms with van der Waals surface area (Å²) in [7, 11) is -4.35. The molecule has 1 unspecified atom stereocenters. The van der Waals surface area contributed by atoms with Crippen molar-refractivity contribution in [3.8, 4) is 5.75 Å². The number of aliphatic hydroxyl groups is 2. The fourth-order valence-corrected chi connectivity index (χ4v) is 4.65. The van der Waals surface area contributed by atoms with Crippen LogP contribution in [0.3, 0.4) is 0 Å². The SMILES string of the molecule is O=c1[nH]c(=S)n([C@@H]2O[C@](F)(COP3(=O)OCc4cc(F)ccc4O3)[C@@H](O)[C@H]2O)cc1Cl. The standard InChI is InChI=1S/C16H14ClF2N2O8PS/c17-9-4-21(15(31)20-13(9)24)14-11(22)12(23)16(19,28-14)6-27-30(25)26-5-7-3-8(18)1-2-10(7)29-30/h1-4,11-12,14,22-23H,5-6H2,(H,20,24,31)/t11-,12+,14-,16-,30?/m1/s1. The Hall–Kier alpha value is -1.70. The van der Waals surface area contributed by atoms with E-state index in [1.165, 1.54) is 6.07 Å². The molecule has 1 aromatic carbocycles. The number of phosphoric ester groups is 1. The first-order valence-corrected chi connectivity index (χ1v) is 10.9. The van der Waals surface area contributed by atoms with Crippen molar-refractivity contribution >= 4 is 31.6 Å². The van der Waals surface area contributed by atoms with Gasteiger partial charge >= 0.3 is 7.82 Å². The Morgan fingerprint density at radius 2 is 2.19 bits per heavy atom. The summed E-state index contributed by atoms with van der Waals surface area (Å²) in [6.07, 6.45) is -4.62. The van der Waals surface area contributed by atoms with Crippen molar-refractivity contribution in [3.63, 3.8) is 0 Å². The molecule has 1 saturated heterocycles. The third kappa shape index (κ3) is 4.20. The minimum absolute atomic E-state index is 0.0175. The third-order valence-electron chi connectivity index (χ3n) is 4.60. The van der Waals surface area contributed by atoms with Crippen LogP contribution in [0.1, 0.15) is 11.8 Å². The monoisotopic (exact) mass is 498 g/mol. The molecule has 0 spiro atoms. The van der Waals surface area contributed by atoms with Crippen LogP contribution in [0, 0.1) is 10.6 Å². The fourth-order valence-electron chi connectivity index (χ4n) is 3.02. The first-order valence-electron chi connectivity index (χ1n) is 8.62. The molecule has 4 rings (SSSR count). The Labute approximate surface area is 182 Å². The van der Waals surface area contributed by atoms with Crippen LogP contribution in [0.15, 0.2) is 29.2 Å². The van der Waals surface area contributed by atoms with Crippen molar-refractivity contribution in [2.75, 3.05) is 6.61 Å². The topological polar surface area (TPSA) is 132 Å². The highest BCUT2D eigenvalue weighted by atomic mass is 35.5. The number of aliphatic hydroxyl groups excluding tert-OH is 2. The molecule has 0 aliphatic carbocycles. The third-order valence-corrected chi connectivity index (χ3v) is 6.50. The van der Waals surface area contributed by atoms with Crippen LogP contribution in [-0.2, 0) is 25.0 Å². The second-order valence-electron chi connectivity index (χ2n) is 6.71. The average molecular weight is 499 g/mol. The first kappa shape index (κ1) is 22.5. The molecule has 0 radical (unpaired) electrons. The van der Waals surface area contributed by atoms with Crippen molar-refractivity contribution < 1.29 is 41.9 Å². The summed E-state index contributed by atoms with van der Waals surface area (Å²) in [5.41, 5.74) is -0.447. The molecule has 2 aromatic rings. The van der Waals surface area contributed by atoms with Gasteiger partial charge in [-0.1, -0.05) is 11.6 Å². The molecule has 3 N–H and O–H groups in total. The van der Waals surface area contributed by atoms with E-state index in [4.69, 9.17) is 42.1 Å². The van der Waals surface area contributed by atoms with Gasteiger partial charge in [-0.2, -0.15) is 0 Å². The molecule has 10 nitrogen and oxygen atoms in total. The smallest absolute Gasteiger partial charge is 0.404 e. The van der Waals surface area contributed by atoms with Crippen molar-refractivity contribution in [2.45, 2.75) is 30.9 Å². The lowest BCUT2D eigenvalue weighted by molar-refractivity contribution is -0.205. The molecule has 5 atom stereocenters. The van der Waals surface area contributed by atoms with Gasteiger partial charge in [0.15, 0.2) is 11.0 Å². The minimum atomic E-state index is -4.35. The second-order valence-corrected chi connectivity index (χ2v) is 9.10. The van der Waals surface area contributed by atoms with Gasteiger partial charge in [0.05, 0.1) is 6.61 Å². The number of H-pyrrole nitrogens is 1. The van der Waals surface area contributed by atoms with Gasteiger partial charge in [-0.05, 0) is 30.4 Å². The Morgan fingerprint density at radius 1 is 1.45 bits per heavy atom. The normalized spacial score (nSPS) is 32.5. The summed E-state index contributed by atoms with van der Waals surface area (Å²) in [5.74, 6) is -3.60. The predicted octanol–water partition coefficient (Wildman–Crippen LogP) is 2.35. The lowest BCUT2D eigenvalue weighted by Crippen LogP contribution is -2.43. The number of aromatic nitrogens is 2. The summed E-state index contributed by atoms with van der Waals surface area (Å²) < 4.78 is 62.0. The molecule has 3 heterocycles. The van der Waals surface area contributed by atoms with E-state index in [1.807, 2.05) is 0 Å². The molecule has 0 saturated carbocycles. The number of ether oxygens (including phenoxy) is 1. The lowest BCUT2D eigenvalue weighted by atomic mass is 10.1. The summed E-state index contributed by atoms with van der Waals surface area (Å²) in [4.78, 5) is 13.7. The quantitative estimate of drug-likeness (QED) is 0.429. The molecule has 0 amide bonds. The number of fused-ring (bicyclic) bond motifs is 1. The van der Waals surface area contributed by atoms with Crippen LogP contribution in [0.25, 0.3) is 0 Å². The number of nitrogens with one attached hydrogen (secondary N) is 1. The van der Waals surface area contributed by atoms with Crippen molar-refractivity contribution in [3.05, 3.63) is 55.9 Å². The number of rotatable bonds is 4. The van der Waals surface area contributed by atoms with Gasteiger partial charge in [0.2, 0.25) is 0 Å². The van der Waals surface area contributed by atoms with Gasteiger partial charge in [0.1, 0.15) is 35.4 Å². The van der Waals surface area contributed by atoms with E-state index in [0.29, 0.717) is 0 Å². The number of alkyl halides is 1. The van der Waals surface area contributed by atoms with E-state index in [1.54, 1.807) is 0 Å². The maximum absolute atomic E-state index is 15.3. The number of nitrogens with zero attached hydrogens (tertiary/aromatic N) is 1. The van der Waals surface area contributed by atoms with Gasteiger partial charge in [-0.15, -0.1) is 0 Å². The molecule has 2 aliphatic rings. The van der Waals surface area contributed by atoms with Crippen LogP contribution < -0.4 is 10.1 Å². The van der Waals surface area contributed by atoms with Crippen molar-refractivity contribution in [1.82, 2.24) is 9.55 Å². The molecule has 1 aromatic heterocycles. The number of hydrogen-bond acceptors (Lipinski definition) is 9. The predicted molar refractivity (Wildman–Crippen MR) is 102 cm³/mol. The summed E-state index contributed by atoms with van der Waals surface area (Å²) in [5, 5.41) is 20.1. The second kappa shape index (κ2) is 8.01. The van der Waals surface area contributed by atoms with Crippen LogP contribution in [-0.4, -0.2) is 44.4 Å². The van der Waals surface area contributed by atoms with E-state index in [9.17, 15) is 24.0 Å². The van der Waals surface area contributed by atoms with Gasteiger partial charge in [0, 0.05) is 11.8 Å². The van der Waals surface area contributed by atoms with Crippen molar-refractivity contribution in [2.24, 2.45) is 0 Å². The van der Waals surface area contributed by atoms with Gasteiger partial charge in [-0.25, -0.2) is 13.3 Å². The van der Waals surface area contributed by atoms with Crippen molar-refractivity contribution in [1.29, 1.82) is 0 Å². The molecule has 15 heteroatoms. The molecule has 31 heavy (non-hydrogen) atoms. The Bertz CT molecular complexity index is 1190. The molecular weight excluding hydrogens is 485 g/mol. The molecule has 0 bridgehead atoms. The highest BCUT2D eigenvalue weighted by Gasteiger charge is 2.57. The van der Waals surface area contributed by atoms with Gasteiger partial charge in [0.25, 0.3) is 11.4 Å². The number of hydrogen-bond donors (Lipinski definition) is 3. The van der Waals surface area contributed by atoms with Crippen LogP contribution >= 0.6 is 31.6 Å². The number of halogens is 3. The van der Waals surface area contributed by atoms with E-state index in [-0.39, 0.29) is 27.7 Å². The fraction of sp³-hybridized carbons (Fsp3) is 0.375. The summed E-state index contributed by atoms with van der Waals surface area (Å²) >= 11 is 10.7. The van der Waals surface area contributed by atoms with E-state index in [2.05, 4.69) is 4.98 Å². The van der Waals surface area contributed by atoms with Crippen LogP contribution in [0.4, 0.5) is 8.78 Å². The zero-order valence-electron chi connectivity index (χ0n) is 15.2. The summed E-state index contributed by atoms with van der Waals surface area (Å²) in [6.45, 7) is -1.50. The van der Waals surface area contributed by atoms with Gasteiger partial charge < -0.3 is 19.5 Å². The number of aromatic amines is 1. The molecule has 168 valence electrons. The Kier molecular flexibility index (Phi) is 5.82. The number of phosphoric acid groups is 1. The molecule has 2 aliphatic heterocycles. The minimum Gasteiger partial charge on any atom is -0.404 e. The van der Waals surface area contributed by atoms with Crippen LogP contribution in [0.5, 0.6) is 5.75 Å². The average Bonchev–Trinajstić information content (AvgIpc) is 2.94. The highest BCUT2D eigenvalue weighted by molar-refractivity contribution is 7.71. The number of benzene rings is 1. The molecular formula is C16H14ClF2N2O8PS. The Morgan fingerprint density at radius 3 is 2.94 bits per heavy atom. The maximum Gasteiger partial charge on any atom is 0.530 e. The van der Waals surface area contributed by atoms with E-state index < -0.39 is 50.1 Å². The highest BCUT2D eigenvalue weighted by Crippen LogP contribution is 2.55. The van der Waals surface area contributed by atoms with E-state index in [0.717, 1.165) is 22.9 Å². The zero-order valence-corrected chi connectivity index (χ0v) is 17.7.